The van der Waals surface area contributed by atoms with Crippen molar-refractivity contribution in [3.05, 3.63) is 29.8 Å². The molecule has 0 radical (unpaired) electrons. The van der Waals surface area contributed by atoms with Crippen LogP contribution in [0.3, 0.4) is 0 Å². The highest BCUT2D eigenvalue weighted by Crippen LogP contribution is 2.18. The predicted octanol–water partition coefficient (Wildman–Crippen LogP) is 1.54. The van der Waals surface area contributed by atoms with Crippen LogP contribution in [0.5, 0.6) is 0 Å². The van der Waals surface area contributed by atoms with Gasteiger partial charge in [-0.25, -0.2) is 0 Å². The molecule has 25 heavy (non-hydrogen) atoms. The number of carbonyl (C=O) groups is 1. The van der Waals surface area contributed by atoms with Crippen molar-refractivity contribution < 1.29 is 4.79 Å². The molecule has 1 amide bonds. The topological polar surface area (TPSA) is 30.0 Å². The lowest BCUT2D eigenvalue weighted by atomic mass is 10.1. The van der Waals surface area contributed by atoms with Gasteiger partial charge >= 0.3 is 0 Å². The van der Waals surface area contributed by atoms with Crippen LogP contribution in [-0.4, -0.2) is 86.1 Å². The molecule has 2 aliphatic heterocycles. The molecule has 1 aromatic rings. The lowest BCUT2D eigenvalue weighted by Gasteiger charge is -2.38. The quantitative estimate of drug-likeness (QED) is 0.810. The lowest BCUT2D eigenvalue weighted by Crippen LogP contribution is -2.53. The molecule has 0 atom stereocenters. The van der Waals surface area contributed by atoms with Gasteiger partial charge in [0.15, 0.2) is 0 Å². The first kappa shape index (κ1) is 18.2. The van der Waals surface area contributed by atoms with E-state index in [2.05, 4.69) is 52.8 Å². The predicted molar refractivity (Wildman–Crippen MR) is 103 cm³/mol. The molecule has 138 valence electrons. The Kier molecular flexibility index (Phi) is 6.32. The van der Waals surface area contributed by atoms with E-state index in [0.29, 0.717) is 12.5 Å². The fraction of sp³-hybridized carbons (Fsp3) is 0.650. The zero-order valence-corrected chi connectivity index (χ0v) is 15.8. The number of anilines is 1. The molecule has 3 rings (SSSR count). The Morgan fingerprint density at radius 3 is 2.24 bits per heavy atom. The molecule has 0 saturated carbocycles. The second-order valence-corrected chi connectivity index (χ2v) is 7.10. The van der Waals surface area contributed by atoms with Gasteiger partial charge in [0.25, 0.3) is 0 Å². The van der Waals surface area contributed by atoms with Gasteiger partial charge in [-0.3, -0.25) is 9.69 Å². The number of aryl methyl sites for hydroxylation is 1. The number of likely N-dealkylation sites (N-methyl/N-ethyl adjacent to an activating group) is 1. The minimum absolute atomic E-state index is 0.303. The smallest absolute Gasteiger partial charge is 0.236 e. The van der Waals surface area contributed by atoms with Crippen molar-refractivity contribution >= 4 is 11.6 Å². The van der Waals surface area contributed by atoms with Gasteiger partial charge in [-0.1, -0.05) is 26.0 Å². The summed E-state index contributed by atoms with van der Waals surface area (Å²) in [7, 11) is 0. The third-order valence-corrected chi connectivity index (χ3v) is 5.59. The largest absolute Gasteiger partial charge is 0.369 e. The molecule has 0 N–H and O–H groups in total. The van der Waals surface area contributed by atoms with Crippen LogP contribution in [0.4, 0.5) is 5.69 Å². The van der Waals surface area contributed by atoms with Crippen LogP contribution in [0.1, 0.15) is 19.4 Å². The van der Waals surface area contributed by atoms with Crippen LogP contribution in [0.25, 0.3) is 0 Å². The van der Waals surface area contributed by atoms with Gasteiger partial charge in [0.1, 0.15) is 0 Å². The van der Waals surface area contributed by atoms with Gasteiger partial charge in [0.05, 0.1) is 6.54 Å². The fourth-order valence-corrected chi connectivity index (χ4v) is 3.74. The maximum Gasteiger partial charge on any atom is 0.236 e. The van der Waals surface area contributed by atoms with Gasteiger partial charge in [-0.05, 0) is 30.7 Å². The van der Waals surface area contributed by atoms with E-state index in [1.165, 1.54) is 11.3 Å². The highest BCUT2D eigenvalue weighted by molar-refractivity contribution is 5.78. The number of hydrogen-bond donors (Lipinski definition) is 0. The van der Waals surface area contributed by atoms with Crippen molar-refractivity contribution in [3.63, 3.8) is 0 Å². The second kappa shape index (κ2) is 8.68. The average Bonchev–Trinajstić information content (AvgIpc) is 2.68. The van der Waals surface area contributed by atoms with E-state index in [-0.39, 0.29) is 0 Å². The molecule has 0 aromatic heterocycles. The van der Waals surface area contributed by atoms with Gasteiger partial charge in [-0.15, -0.1) is 0 Å². The van der Waals surface area contributed by atoms with Crippen LogP contribution >= 0.6 is 0 Å². The minimum Gasteiger partial charge on any atom is -0.369 e. The van der Waals surface area contributed by atoms with Crippen LogP contribution in [0, 0.1) is 0 Å². The molecule has 0 spiro atoms. The van der Waals surface area contributed by atoms with Crippen LogP contribution in [0.2, 0.25) is 0 Å². The Morgan fingerprint density at radius 2 is 1.60 bits per heavy atom. The number of carbonyl (C=O) groups excluding carboxylic acids is 1. The number of hydrogen-bond acceptors (Lipinski definition) is 4. The summed E-state index contributed by atoms with van der Waals surface area (Å²) in [6.45, 7) is 13.8. The zero-order valence-electron chi connectivity index (χ0n) is 15.8. The van der Waals surface area contributed by atoms with Crippen molar-refractivity contribution in [3.8, 4) is 0 Å². The Hall–Kier alpha value is -1.59. The fourth-order valence-electron chi connectivity index (χ4n) is 3.74. The summed E-state index contributed by atoms with van der Waals surface area (Å²) >= 11 is 0. The first-order valence-electron chi connectivity index (χ1n) is 9.76. The van der Waals surface area contributed by atoms with Crippen LogP contribution in [0.15, 0.2) is 24.3 Å². The van der Waals surface area contributed by atoms with E-state index < -0.39 is 0 Å². The molecule has 0 aliphatic carbocycles. The van der Waals surface area contributed by atoms with Crippen molar-refractivity contribution in [2.75, 3.05) is 70.3 Å². The van der Waals surface area contributed by atoms with E-state index >= 15 is 0 Å². The van der Waals surface area contributed by atoms with Crippen LogP contribution < -0.4 is 4.90 Å². The molecule has 0 bridgehead atoms. The standard InChI is InChI=1S/C20H32N4O/c1-3-18-6-5-7-19(16-18)23-12-10-22(11-13-23)17-20(25)24-14-8-21(4-2)9-15-24/h5-7,16H,3-4,8-15,17H2,1-2H3. The molecule has 2 fully saturated rings. The summed E-state index contributed by atoms with van der Waals surface area (Å²) in [5.74, 6) is 0.303. The summed E-state index contributed by atoms with van der Waals surface area (Å²) in [5.41, 5.74) is 2.71. The lowest BCUT2D eigenvalue weighted by molar-refractivity contribution is -0.134. The van der Waals surface area contributed by atoms with Crippen molar-refractivity contribution in [2.24, 2.45) is 0 Å². The summed E-state index contributed by atoms with van der Waals surface area (Å²) < 4.78 is 0. The third kappa shape index (κ3) is 4.73. The van der Waals surface area contributed by atoms with E-state index in [0.717, 1.165) is 65.3 Å². The maximum atomic E-state index is 12.5. The Bertz CT molecular complexity index is 561. The van der Waals surface area contributed by atoms with E-state index in [1.807, 2.05) is 4.90 Å². The molecule has 5 nitrogen and oxygen atoms in total. The number of nitrogens with zero attached hydrogens (tertiary/aromatic N) is 4. The number of piperazine rings is 2. The third-order valence-electron chi connectivity index (χ3n) is 5.59. The first-order chi connectivity index (χ1) is 12.2. The van der Waals surface area contributed by atoms with Crippen molar-refractivity contribution in [2.45, 2.75) is 20.3 Å². The zero-order chi connectivity index (χ0) is 17.6. The van der Waals surface area contributed by atoms with Gasteiger partial charge in [0, 0.05) is 58.0 Å². The molecule has 2 aliphatic rings. The van der Waals surface area contributed by atoms with Crippen molar-refractivity contribution in [1.29, 1.82) is 0 Å². The molecule has 2 saturated heterocycles. The van der Waals surface area contributed by atoms with Crippen LogP contribution in [-0.2, 0) is 11.2 Å². The molecular weight excluding hydrogens is 312 g/mol. The average molecular weight is 345 g/mol. The van der Waals surface area contributed by atoms with Gasteiger partial charge in [0.2, 0.25) is 5.91 Å². The second-order valence-electron chi connectivity index (χ2n) is 7.10. The number of amides is 1. The minimum atomic E-state index is 0.303. The molecule has 5 heteroatoms. The van der Waals surface area contributed by atoms with E-state index in [9.17, 15) is 4.79 Å². The number of benzene rings is 1. The Labute approximate surface area is 152 Å². The Morgan fingerprint density at radius 1 is 0.920 bits per heavy atom. The molecular formula is C20H32N4O. The molecule has 0 unspecified atom stereocenters. The monoisotopic (exact) mass is 344 g/mol. The van der Waals surface area contributed by atoms with E-state index in [1.54, 1.807) is 0 Å². The van der Waals surface area contributed by atoms with E-state index in [4.69, 9.17) is 0 Å². The first-order valence-corrected chi connectivity index (χ1v) is 9.76. The number of rotatable bonds is 5. The normalized spacial score (nSPS) is 20.1. The SMILES string of the molecule is CCc1cccc(N2CCN(CC(=O)N3CCN(CC)CC3)CC2)c1. The summed E-state index contributed by atoms with van der Waals surface area (Å²) in [4.78, 5) is 21.8. The summed E-state index contributed by atoms with van der Waals surface area (Å²) in [6.07, 6.45) is 1.08. The van der Waals surface area contributed by atoms with Gasteiger partial charge in [-0.2, -0.15) is 0 Å². The maximum absolute atomic E-state index is 12.5. The van der Waals surface area contributed by atoms with Crippen molar-refractivity contribution in [1.82, 2.24) is 14.7 Å². The highest BCUT2D eigenvalue weighted by Gasteiger charge is 2.24. The van der Waals surface area contributed by atoms with Gasteiger partial charge < -0.3 is 14.7 Å². The Balaban J connectivity index is 1.45. The molecule has 2 heterocycles. The summed E-state index contributed by atoms with van der Waals surface area (Å²) in [5, 5.41) is 0. The molecule has 1 aromatic carbocycles. The summed E-state index contributed by atoms with van der Waals surface area (Å²) in [6, 6.07) is 8.85. The highest BCUT2D eigenvalue weighted by atomic mass is 16.2.